The highest BCUT2D eigenvalue weighted by molar-refractivity contribution is 6.01. The van der Waals surface area contributed by atoms with E-state index in [0.717, 1.165) is 28.7 Å². The molecule has 6 heteroatoms. The van der Waals surface area contributed by atoms with Crippen LogP contribution in [0.2, 0.25) is 0 Å². The third kappa shape index (κ3) is 5.58. The van der Waals surface area contributed by atoms with Gasteiger partial charge in [-0.3, -0.25) is 9.59 Å². The number of rotatable bonds is 7. The first kappa shape index (κ1) is 26.5. The number of carbonyl (C=O) groups excluding carboxylic acids is 3. The molecular weight excluding hydrogens is 444 g/mol. The average Bonchev–Trinajstić information content (AvgIpc) is 3.14. The maximum Gasteiger partial charge on any atom is 0.331 e. The minimum Gasteiger partial charge on any atom is -0.465 e. The smallest absolute Gasteiger partial charge is 0.331 e. The van der Waals surface area contributed by atoms with Gasteiger partial charge in [-0.1, -0.05) is 55.5 Å². The van der Waals surface area contributed by atoms with Gasteiger partial charge in [0.1, 0.15) is 6.61 Å². The number of hydrogen-bond donors (Lipinski definition) is 0. The Kier molecular flexibility index (Phi) is 8.36. The van der Waals surface area contributed by atoms with Crippen LogP contribution in [0, 0.1) is 16.7 Å². The van der Waals surface area contributed by atoms with Gasteiger partial charge < -0.3 is 14.2 Å². The van der Waals surface area contributed by atoms with Crippen molar-refractivity contribution in [3.63, 3.8) is 0 Å². The normalized spacial score (nSPS) is 26.1. The molecule has 1 aromatic carbocycles. The fourth-order valence-electron chi connectivity index (χ4n) is 5.29. The van der Waals surface area contributed by atoms with E-state index in [-0.39, 0.29) is 38.6 Å². The van der Waals surface area contributed by atoms with Crippen molar-refractivity contribution in [3.8, 4) is 0 Å². The Morgan fingerprint density at radius 3 is 2.26 bits per heavy atom. The van der Waals surface area contributed by atoms with Crippen LogP contribution in [-0.4, -0.2) is 31.1 Å². The summed E-state index contributed by atoms with van der Waals surface area (Å²) in [6.45, 7) is 12.4. The number of hydrogen-bond acceptors (Lipinski definition) is 6. The minimum absolute atomic E-state index is 0.132. The first-order chi connectivity index (χ1) is 16.7. The predicted molar refractivity (Wildman–Crippen MR) is 133 cm³/mol. The van der Waals surface area contributed by atoms with E-state index in [2.05, 4.69) is 12.7 Å². The van der Waals surface area contributed by atoms with Gasteiger partial charge in [0.05, 0.1) is 13.2 Å². The Bertz CT molecular complexity index is 1020. The van der Waals surface area contributed by atoms with Gasteiger partial charge >= 0.3 is 17.9 Å². The summed E-state index contributed by atoms with van der Waals surface area (Å²) in [6, 6.07) is 9.50. The van der Waals surface area contributed by atoms with Gasteiger partial charge in [-0.2, -0.15) is 0 Å². The molecule has 0 N–H and O–H groups in total. The molecule has 1 fully saturated rings. The number of allylic oxidation sites excluding steroid dienone is 4. The van der Waals surface area contributed by atoms with Crippen LogP contribution in [0.25, 0.3) is 0 Å². The Morgan fingerprint density at radius 2 is 1.66 bits per heavy atom. The van der Waals surface area contributed by atoms with Crippen molar-refractivity contribution in [2.24, 2.45) is 16.7 Å². The van der Waals surface area contributed by atoms with Crippen molar-refractivity contribution in [1.82, 2.24) is 0 Å². The van der Waals surface area contributed by atoms with Crippen molar-refractivity contribution < 1.29 is 28.6 Å². The lowest BCUT2D eigenvalue weighted by atomic mass is 9.68. The summed E-state index contributed by atoms with van der Waals surface area (Å²) in [5.74, 6) is -1.68. The van der Waals surface area contributed by atoms with Gasteiger partial charge in [0.15, 0.2) is 5.41 Å². The maximum atomic E-state index is 13.1. The molecule has 0 heterocycles. The molecule has 0 amide bonds. The number of ether oxygens (including phenoxy) is 3. The van der Waals surface area contributed by atoms with Gasteiger partial charge in [0, 0.05) is 11.5 Å². The van der Waals surface area contributed by atoms with Gasteiger partial charge in [-0.15, -0.1) is 0 Å². The standard InChI is InChI=1S/C29H36O6/c1-6-33-26(31)29(27(32)34-7-2)17-24-15-20(3)13-14-23(21(4)28(24,5)19-29)16-25(30)35-18-22-11-9-8-10-12-22/h8-12,15-16,24H,4,6-7,13-14,17-19H2,1-3,5H3/b20-15-,23-16+/t24-,28-/m1/s1. The molecular formula is C29H36O6. The second-order valence-electron chi connectivity index (χ2n) is 9.68. The molecule has 1 saturated carbocycles. The fourth-order valence-corrected chi connectivity index (χ4v) is 5.29. The zero-order chi connectivity index (χ0) is 25.6. The van der Waals surface area contributed by atoms with Crippen LogP contribution in [0.5, 0.6) is 0 Å². The highest BCUT2D eigenvalue weighted by Crippen LogP contribution is 2.60. The summed E-state index contributed by atoms with van der Waals surface area (Å²) in [5.41, 5.74) is 1.54. The largest absolute Gasteiger partial charge is 0.465 e. The van der Waals surface area contributed by atoms with Gasteiger partial charge in [0.2, 0.25) is 0 Å². The average molecular weight is 481 g/mol. The van der Waals surface area contributed by atoms with Gasteiger partial charge in [0.25, 0.3) is 0 Å². The highest BCUT2D eigenvalue weighted by Gasteiger charge is 2.62. The van der Waals surface area contributed by atoms with E-state index in [0.29, 0.717) is 6.42 Å². The van der Waals surface area contributed by atoms with Gasteiger partial charge in [-0.25, -0.2) is 4.79 Å². The van der Waals surface area contributed by atoms with Crippen LogP contribution in [-0.2, 0) is 35.2 Å². The van der Waals surface area contributed by atoms with Gasteiger partial charge in [-0.05, 0) is 69.1 Å². The number of benzene rings is 1. The highest BCUT2D eigenvalue weighted by atomic mass is 16.6. The molecule has 0 bridgehead atoms. The Labute approximate surface area is 208 Å². The molecule has 0 spiro atoms. The quantitative estimate of drug-likeness (QED) is 0.169. The lowest BCUT2D eigenvalue weighted by Crippen LogP contribution is -2.41. The van der Waals surface area contributed by atoms with Crippen molar-refractivity contribution in [2.75, 3.05) is 13.2 Å². The third-order valence-corrected chi connectivity index (χ3v) is 7.26. The van der Waals surface area contributed by atoms with Crippen LogP contribution in [0.3, 0.4) is 0 Å². The van der Waals surface area contributed by atoms with E-state index in [9.17, 15) is 14.4 Å². The number of fused-ring (bicyclic) bond motifs is 1. The molecule has 0 radical (unpaired) electrons. The zero-order valence-electron chi connectivity index (χ0n) is 21.2. The maximum absolute atomic E-state index is 13.1. The summed E-state index contributed by atoms with van der Waals surface area (Å²) < 4.78 is 16.2. The first-order valence-electron chi connectivity index (χ1n) is 12.3. The molecule has 35 heavy (non-hydrogen) atoms. The summed E-state index contributed by atoms with van der Waals surface area (Å²) in [6.07, 6.45) is 5.52. The lowest BCUT2D eigenvalue weighted by molar-refractivity contribution is -0.172. The Morgan fingerprint density at radius 1 is 1.03 bits per heavy atom. The summed E-state index contributed by atoms with van der Waals surface area (Å²) in [4.78, 5) is 39.0. The molecule has 0 saturated heterocycles. The molecule has 6 nitrogen and oxygen atoms in total. The van der Waals surface area contributed by atoms with E-state index in [1.807, 2.05) is 44.2 Å². The van der Waals surface area contributed by atoms with Crippen LogP contribution in [0.4, 0.5) is 0 Å². The van der Waals surface area contributed by atoms with Crippen LogP contribution in [0.15, 0.2) is 65.8 Å². The molecule has 0 unspecified atom stereocenters. The fraction of sp³-hybridized carbons (Fsp3) is 0.483. The van der Waals surface area contributed by atoms with E-state index < -0.39 is 28.7 Å². The Hall–Kier alpha value is -3.15. The molecule has 188 valence electrons. The SMILES string of the molecule is C=C1/C(=C/C(=O)OCc2ccccc2)CC/C(C)=C\[C@@H]2CC(C(=O)OCC)(C(=O)OCC)C[C@]12C. The second kappa shape index (κ2) is 11.1. The molecule has 3 rings (SSSR count). The number of carbonyl (C=O) groups is 3. The number of esters is 3. The monoisotopic (exact) mass is 480 g/mol. The second-order valence-corrected chi connectivity index (χ2v) is 9.68. The molecule has 0 aliphatic heterocycles. The Balaban J connectivity index is 1.93. The van der Waals surface area contributed by atoms with Crippen LogP contribution >= 0.6 is 0 Å². The predicted octanol–water partition coefficient (Wildman–Crippen LogP) is 5.48. The molecule has 0 aromatic heterocycles. The van der Waals surface area contributed by atoms with E-state index >= 15 is 0 Å². The third-order valence-electron chi connectivity index (χ3n) is 7.26. The van der Waals surface area contributed by atoms with Crippen molar-refractivity contribution in [1.29, 1.82) is 0 Å². The van der Waals surface area contributed by atoms with Crippen LogP contribution in [0.1, 0.15) is 58.9 Å². The molecule has 2 aliphatic carbocycles. The van der Waals surface area contributed by atoms with E-state index in [1.54, 1.807) is 13.8 Å². The summed E-state index contributed by atoms with van der Waals surface area (Å²) >= 11 is 0. The van der Waals surface area contributed by atoms with Crippen LogP contribution < -0.4 is 0 Å². The molecule has 1 aromatic rings. The van der Waals surface area contributed by atoms with E-state index in [1.165, 1.54) is 6.08 Å². The van der Waals surface area contributed by atoms with Crippen molar-refractivity contribution >= 4 is 17.9 Å². The van der Waals surface area contributed by atoms with E-state index in [4.69, 9.17) is 14.2 Å². The van der Waals surface area contributed by atoms with Crippen molar-refractivity contribution in [3.05, 3.63) is 71.3 Å². The summed E-state index contributed by atoms with van der Waals surface area (Å²) in [7, 11) is 0. The van der Waals surface area contributed by atoms with Crippen molar-refractivity contribution in [2.45, 2.75) is 60.0 Å². The first-order valence-corrected chi connectivity index (χ1v) is 12.3. The lowest BCUT2D eigenvalue weighted by Gasteiger charge is -2.36. The molecule has 2 atom stereocenters. The minimum atomic E-state index is -1.41. The topological polar surface area (TPSA) is 78.9 Å². The zero-order valence-corrected chi connectivity index (χ0v) is 21.2. The summed E-state index contributed by atoms with van der Waals surface area (Å²) in [5, 5.41) is 0. The molecule has 2 aliphatic rings.